The minimum atomic E-state index is -0.977. The summed E-state index contributed by atoms with van der Waals surface area (Å²) in [5, 5.41) is 10.5. The van der Waals surface area contributed by atoms with Crippen molar-refractivity contribution in [3.8, 4) is 5.75 Å². The lowest BCUT2D eigenvalue weighted by molar-refractivity contribution is -0.136. The molecule has 0 amide bonds. The molecule has 0 aliphatic carbocycles. The third-order valence-electron chi connectivity index (χ3n) is 3.88. The number of fused-ring (bicyclic) bond motifs is 1. The molecule has 2 aromatic carbocycles. The molecule has 1 aromatic heterocycles. The van der Waals surface area contributed by atoms with Crippen molar-refractivity contribution in [3.63, 3.8) is 0 Å². The van der Waals surface area contributed by atoms with Crippen LogP contribution in [0.25, 0.3) is 11.0 Å². The standard InChI is InChI=1S/C19H14Cl2O5/c1-10(22)18-16(25-8-11-2-3-13(20)7-15(11)21)5-4-14-12(6-17(23)24)9-26-19(14)18/h2-5,7,9H,6,8H2,1H3,(H,23,24). The van der Waals surface area contributed by atoms with Crippen LogP contribution in [0.3, 0.4) is 0 Å². The Kier molecular flexibility index (Phi) is 5.20. The minimum Gasteiger partial charge on any atom is -0.488 e. The van der Waals surface area contributed by atoms with E-state index in [4.69, 9.17) is 37.5 Å². The number of rotatable bonds is 6. The van der Waals surface area contributed by atoms with Gasteiger partial charge in [0.05, 0.1) is 12.7 Å². The fourth-order valence-electron chi connectivity index (χ4n) is 2.68. The van der Waals surface area contributed by atoms with Gasteiger partial charge in [-0.15, -0.1) is 0 Å². The topological polar surface area (TPSA) is 76.7 Å². The SMILES string of the molecule is CC(=O)c1c(OCc2ccc(Cl)cc2Cl)ccc2c(CC(=O)O)coc12. The lowest BCUT2D eigenvalue weighted by Gasteiger charge is -2.11. The van der Waals surface area contributed by atoms with Gasteiger partial charge in [-0.2, -0.15) is 0 Å². The summed E-state index contributed by atoms with van der Waals surface area (Å²) in [4.78, 5) is 23.1. The highest BCUT2D eigenvalue weighted by Gasteiger charge is 2.20. The summed E-state index contributed by atoms with van der Waals surface area (Å²) in [6, 6.07) is 8.37. The van der Waals surface area contributed by atoms with E-state index in [1.807, 2.05) is 0 Å². The van der Waals surface area contributed by atoms with E-state index in [-0.39, 0.29) is 24.4 Å². The summed E-state index contributed by atoms with van der Waals surface area (Å²) < 4.78 is 11.2. The molecule has 0 spiro atoms. The number of ketones is 1. The highest BCUT2D eigenvalue weighted by Crippen LogP contribution is 2.33. The van der Waals surface area contributed by atoms with Gasteiger partial charge in [-0.3, -0.25) is 9.59 Å². The normalized spacial score (nSPS) is 10.9. The van der Waals surface area contributed by atoms with Gasteiger partial charge in [0.2, 0.25) is 0 Å². The molecule has 5 nitrogen and oxygen atoms in total. The second-order valence-corrected chi connectivity index (χ2v) is 6.57. The van der Waals surface area contributed by atoms with Crippen LogP contribution < -0.4 is 4.74 Å². The third kappa shape index (κ3) is 3.69. The molecule has 0 aliphatic heterocycles. The molecular weight excluding hydrogens is 379 g/mol. The maximum absolute atomic E-state index is 12.1. The van der Waals surface area contributed by atoms with Crippen LogP contribution in [-0.4, -0.2) is 16.9 Å². The van der Waals surface area contributed by atoms with E-state index in [1.165, 1.54) is 13.2 Å². The Balaban J connectivity index is 1.96. The Morgan fingerprint density at radius 1 is 1.15 bits per heavy atom. The van der Waals surface area contributed by atoms with Crippen LogP contribution in [-0.2, 0) is 17.8 Å². The number of carbonyl (C=O) groups excluding carboxylic acids is 1. The molecule has 3 rings (SSSR count). The summed E-state index contributed by atoms with van der Waals surface area (Å²) >= 11 is 12.0. The van der Waals surface area contributed by atoms with E-state index in [1.54, 1.807) is 30.3 Å². The predicted molar refractivity (Wildman–Crippen MR) is 98.4 cm³/mol. The quantitative estimate of drug-likeness (QED) is 0.587. The lowest BCUT2D eigenvalue weighted by Crippen LogP contribution is -2.03. The summed E-state index contributed by atoms with van der Waals surface area (Å²) in [6.45, 7) is 1.54. The van der Waals surface area contributed by atoms with Crippen molar-refractivity contribution in [3.05, 3.63) is 63.3 Å². The van der Waals surface area contributed by atoms with E-state index < -0.39 is 5.97 Å². The average molecular weight is 393 g/mol. The summed E-state index contributed by atoms with van der Waals surface area (Å²) in [5.41, 5.74) is 1.80. The Morgan fingerprint density at radius 3 is 2.58 bits per heavy atom. The van der Waals surface area contributed by atoms with Gasteiger partial charge in [0.15, 0.2) is 5.78 Å². The van der Waals surface area contributed by atoms with Gasteiger partial charge in [-0.1, -0.05) is 29.3 Å². The number of aliphatic carboxylic acids is 1. The first-order valence-corrected chi connectivity index (χ1v) is 8.45. The molecule has 0 bridgehead atoms. The zero-order chi connectivity index (χ0) is 18.8. The molecule has 0 saturated carbocycles. The van der Waals surface area contributed by atoms with Crippen molar-refractivity contribution < 1.29 is 23.8 Å². The van der Waals surface area contributed by atoms with E-state index in [0.717, 1.165) is 5.56 Å². The van der Waals surface area contributed by atoms with Crippen LogP contribution in [0.2, 0.25) is 10.0 Å². The van der Waals surface area contributed by atoms with Gasteiger partial charge in [0, 0.05) is 26.6 Å². The first-order chi connectivity index (χ1) is 12.4. The largest absolute Gasteiger partial charge is 0.488 e. The van der Waals surface area contributed by atoms with Gasteiger partial charge in [0.25, 0.3) is 0 Å². The van der Waals surface area contributed by atoms with Crippen molar-refractivity contribution >= 4 is 45.9 Å². The maximum atomic E-state index is 12.1. The molecule has 0 aliphatic rings. The Bertz CT molecular complexity index is 1010. The molecular formula is C19H14Cl2O5. The van der Waals surface area contributed by atoms with Gasteiger partial charge in [-0.05, 0) is 31.2 Å². The van der Waals surface area contributed by atoms with Gasteiger partial charge in [-0.25, -0.2) is 0 Å². The van der Waals surface area contributed by atoms with Crippen molar-refractivity contribution in [2.75, 3.05) is 0 Å². The molecule has 7 heteroatoms. The van der Waals surface area contributed by atoms with E-state index in [9.17, 15) is 9.59 Å². The molecule has 0 fully saturated rings. The van der Waals surface area contributed by atoms with Crippen molar-refractivity contribution in [2.45, 2.75) is 20.0 Å². The number of Topliss-reactive ketones (excluding diaryl/α,β-unsaturated/α-hetero) is 1. The molecule has 0 saturated heterocycles. The molecule has 134 valence electrons. The Hall–Kier alpha value is -2.50. The van der Waals surface area contributed by atoms with Crippen LogP contribution in [0.4, 0.5) is 0 Å². The fourth-order valence-corrected chi connectivity index (χ4v) is 3.14. The Labute approximate surface area is 159 Å². The number of carboxylic acid groups (broad SMARTS) is 1. The highest BCUT2D eigenvalue weighted by atomic mass is 35.5. The highest BCUT2D eigenvalue weighted by molar-refractivity contribution is 6.35. The monoisotopic (exact) mass is 392 g/mol. The number of halogens is 2. The van der Waals surface area contributed by atoms with Gasteiger partial charge >= 0.3 is 5.97 Å². The molecule has 0 unspecified atom stereocenters. The van der Waals surface area contributed by atoms with Gasteiger partial charge in [0.1, 0.15) is 23.5 Å². The molecule has 0 atom stereocenters. The Morgan fingerprint density at radius 2 is 1.92 bits per heavy atom. The third-order valence-corrected chi connectivity index (χ3v) is 4.46. The summed E-state index contributed by atoms with van der Waals surface area (Å²) in [7, 11) is 0. The van der Waals surface area contributed by atoms with Crippen LogP contribution in [0.5, 0.6) is 5.75 Å². The molecule has 0 radical (unpaired) electrons. The van der Waals surface area contributed by atoms with Gasteiger partial charge < -0.3 is 14.3 Å². The van der Waals surface area contributed by atoms with E-state index >= 15 is 0 Å². The molecule has 3 aromatic rings. The zero-order valence-corrected chi connectivity index (χ0v) is 15.2. The second kappa shape index (κ2) is 7.40. The average Bonchev–Trinajstić information content (AvgIpc) is 2.95. The van der Waals surface area contributed by atoms with Crippen molar-refractivity contribution in [2.24, 2.45) is 0 Å². The summed E-state index contributed by atoms with van der Waals surface area (Å²) in [5.74, 6) is -0.883. The predicted octanol–water partition coefficient (Wildman–Crippen LogP) is 5.15. The molecule has 1 heterocycles. The van der Waals surface area contributed by atoms with Crippen LogP contribution >= 0.6 is 23.2 Å². The van der Waals surface area contributed by atoms with Crippen molar-refractivity contribution in [1.82, 2.24) is 0 Å². The second-order valence-electron chi connectivity index (χ2n) is 5.73. The van der Waals surface area contributed by atoms with Crippen molar-refractivity contribution in [1.29, 1.82) is 0 Å². The van der Waals surface area contributed by atoms with E-state index in [0.29, 0.717) is 32.3 Å². The number of hydrogen-bond acceptors (Lipinski definition) is 4. The zero-order valence-electron chi connectivity index (χ0n) is 13.7. The summed E-state index contributed by atoms with van der Waals surface area (Å²) in [6.07, 6.45) is 1.16. The van der Waals surface area contributed by atoms with Crippen LogP contribution in [0, 0.1) is 0 Å². The number of ether oxygens (including phenoxy) is 1. The van der Waals surface area contributed by atoms with Crippen LogP contribution in [0.1, 0.15) is 28.4 Å². The minimum absolute atomic E-state index is 0.143. The number of benzene rings is 2. The lowest BCUT2D eigenvalue weighted by atomic mass is 10.0. The number of hydrogen-bond donors (Lipinski definition) is 1. The molecule has 1 N–H and O–H groups in total. The number of carbonyl (C=O) groups is 2. The van der Waals surface area contributed by atoms with Crippen LogP contribution in [0.15, 0.2) is 41.0 Å². The molecule has 26 heavy (non-hydrogen) atoms. The number of furan rings is 1. The fraction of sp³-hybridized carbons (Fsp3) is 0.158. The maximum Gasteiger partial charge on any atom is 0.307 e. The number of carboxylic acids is 1. The first-order valence-electron chi connectivity index (χ1n) is 7.69. The smallest absolute Gasteiger partial charge is 0.307 e. The van der Waals surface area contributed by atoms with E-state index in [2.05, 4.69) is 0 Å². The first kappa shape index (κ1) is 18.3.